The number of hydrogen-bond acceptors (Lipinski definition) is 6. The molecule has 5 aromatic rings. The molecule has 0 unspecified atom stereocenters. The molecule has 6 nitrogen and oxygen atoms in total. The first kappa shape index (κ1) is 25.1. The van der Waals surface area contributed by atoms with Crippen LogP contribution < -0.4 is 15.0 Å². The van der Waals surface area contributed by atoms with E-state index in [-0.39, 0.29) is 5.56 Å². The molecule has 38 heavy (non-hydrogen) atoms. The minimum atomic E-state index is -0.110. The Bertz CT molecular complexity index is 1740. The van der Waals surface area contributed by atoms with Crippen molar-refractivity contribution < 1.29 is 9.47 Å². The van der Waals surface area contributed by atoms with E-state index in [9.17, 15) is 4.79 Å². The van der Waals surface area contributed by atoms with E-state index in [0.29, 0.717) is 24.7 Å². The van der Waals surface area contributed by atoms with Crippen molar-refractivity contribution in [3.05, 3.63) is 96.4 Å². The molecule has 0 amide bonds. The van der Waals surface area contributed by atoms with Gasteiger partial charge < -0.3 is 9.47 Å². The van der Waals surface area contributed by atoms with Gasteiger partial charge in [0.15, 0.2) is 11.5 Å². The zero-order chi connectivity index (χ0) is 26.1. The normalized spacial score (nSPS) is 13.3. The number of ether oxygens (including phenoxy) is 2. The predicted molar refractivity (Wildman–Crippen MR) is 162 cm³/mol. The molecule has 0 radical (unpaired) electrons. The van der Waals surface area contributed by atoms with E-state index in [2.05, 4.69) is 63.0 Å². The number of aryl methyl sites for hydroxylation is 2. The van der Waals surface area contributed by atoms with Crippen LogP contribution in [0.1, 0.15) is 41.3 Å². The van der Waals surface area contributed by atoms with Gasteiger partial charge in [-0.05, 0) is 101 Å². The zero-order valence-electron chi connectivity index (χ0n) is 20.9. The Balaban J connectivity index is 1.27. The molecule has 1 aliphatic carbocycles. The second-order valence-corrected chi connectivity index (χ2v) is 11.5. The molecule has 0 aliphatic heterocycles. The zero-order valence-corrected chi connectivity index (χ0v) is 23.9. The Morgan fingerprint density at radius 3 is 2.79 bits per heavy atom. The molecule has 6 rings (SSSR count). The minimum Gasteiger partial charge on any atom is -0.490 e. The molecule has 0 fully saturated rings. The fourth-order valence-corrected chi connectivity index (χ4v) is 6.90. The standard InChI is InChI=1S/C30H26IN3O3S/c1-2-36-25-15-20(14-24(31)28(25)37-17-19-11-12-21-7-3-4-8-22(21)13-19)16-33-34-18-32-29-27(30(34)35)23-9-5-6-10-26(23)38-29/h3-4,7-8,11-16,18H,2,5-6,9-10,17H2,1H3/b33-16-. The molecule has 0 saturated carbocycles. The molecular weight excluding hydrogens is 609 g/mol. The molecule has 0 saturated heterocycles. The summed E-state index contributed by atoms with van der Waals surface area (Å²) in [6, 6.07) is 18.5. The number of halogens is 1. The minimum absolute atomic E-state index is 0.110. The third kappa shape index (κ3) is 4.94. The van der Waals surface area contributed by atoms with Crippen LogP contribution in [0, 0.1) is 3.57 Å². The van der Waals surface area contributed by atoms with Crippen molar-refractivity contribution in [2.24, 2.45) is 5.10 Å². The van der Waals surface area contributed by atoms with Crippen molar-refractivity contribution >= 4 is 61.1 Å². The predicted octanol–water partition coefficient (Wildman–Crippen LogP) is 6.95. The van der Waals surface area contributed by atoms with Gasteiger partial charge in [0.2, 0.25) is 0 Å². The van der Waals surface area contributed by atoms with Gasteiger partial charge in [-0.25, -0.2) is 4.98 Å². The van der Waals surface area contributed by atoms with Crippen LogP contribution in [0.25, 0.3) is 21.0 Å². The van der Waals surface area contributed by atoms with E-state index < -0.39 is 0 Å². The van der Waals surface area contributed by atoms with Gasteiger partial charge in [0, 0.05) is 4.88 Å². The first-order valence-electron chi connectivity index (χ1n) is 12.7. The highest BCUT2D eigenvalue weighted by atomic mass is 127. The number of thiophene rings is 1. The highest BCUT2D eigenvalue weighted by Gasteiger charge is 2.20. The van der Waals surface area contributed by atoms with Crippen LogP contribution >= 0.6 is 33.9 Å². The van der Waals surface area contributed by atoms with Crippen LogP contribution in [0.5, 0.6) is 11.5 Å². The molecule has 1 aliphatic rings. The van der Waals surface area contributed by atoms with Crippen molar-refractivity contribution in [2.45, 2.75) is 39.2 Å². The number of benzene rings is 3. The Kier molecular flexibility index (Phi) is 7.16. The monoisotopic (exact) mass is 635 g/mol. The summed E-state index contributed by atoms with van der Waals surface area (Å²) in [6.07, 6.45) is 7.45. The summed E-state index contributed by atoms with van der Waals surface area (Å²) < 4.78 is 14.4. The lowest BCUT2D eigenvalue weighted by molar-refractivity contribution is 0.267. The fraction of sp³-hybridized carbons (Fsp3) is 0.233. The molecule has 3 aromatic carbocycles. The van der Waals surface area contributed by atoms with Crippen molar-refractivity contribution in [1.29, 1.82) is 0 Å². The topological polar surface area (TPSA) is 65.7 Å². The summed E-state index contributed by atoms with van der Waals surface area (Å²) in [6.45, 7) is 2.88. The SMILES string of the molecule is CCOc1cc(/C=N\n2cnc3sc4c(c3c2=O)CCCC4)cc(I)c1OCc1ccc2ccccc2c1. The van der Waals surface area contributed by atoms with Gasteiger partial charge in [0.1, 0.15) is 17.8 Å². The number of aromatic nitrogens is 2. The van der Waals surface area contributed by atoms with E-state index in [1.165, 1.54) is 38.6 Å². The Morgan fingerprint density at radius 1 is 1.08 bits per heavy atom. The van der Waals surface area contributed by atoms with Gasteiger partial charge in [0.25, 0.3) is 5.56 Å². The number of nitrogens with zero attached hydrogens (tertiary/aromatic N) is 3. The van der Waals surface area contributed by atoms with Gasteiger partial charge in [-0.1, -0.05) is 36.4 Å². The van der Waals surface area contributed by atoms with E-state index in [1.807, 2.05) is 31.2 Å². The van der Waals surface area contributed by atoms with Gasteiger partial charge in [0.05, 0.1) is 21.8 Å². The third-order valence-electron chi connectivity index (χ3n) is 6.72. The second-order valence-electron chi connectivity index (χ2n) is 9.26. The van der Waals surface area contributed by atoms with E-state index >= 15 is 0 Å². The van der Waals surface area contributed by atoms with E-state index in [0.717, 1.165) is 44.2 Å². The molecule has 2 aromatic heterocycles. The van der Waals surface area contributed by atoms with Crippen LogP contribution in [0.2, 0.25) is 0 Å². The molecule has 192 valence electrons. The van der Waals surface area contributed by atoms with Crippen LogP contribution in [0.4, 0.5) is 0 Å². The quantitative estimate of drug-likeness (QED) is 0.143. The Labute approximate surface area is 238 Å². The van der Waals surface area contributed by atoms with Crippen molar-refractivity contribution in [1.82, 2.24) is 9.66 Å². The Hall–Kier alpha value is -3.24. The molecule has 2 heterocycles. The smallest absolute Gasteiger partial charge is 0.282 e. The summed E-state index contributed by atoms with van der Waals surface area (Å²) in [4.78, 5) is 19.9. The maximum atomic E-state index is 13.2. The first-order chi connectivity index (χ1) is 18.6. The van der Waals surface area contributed by atoms with Gasteiger partial charge in [-0.3, -0.25) is 4.79 Å². The van der Waals surface area contributed by atoms with Crippen molar-refractivity contribution in [3.63, 3.8) is 0 Å². The van der Waals surface area contributed by atoms with Crippen LogP contribution in [0.3, 0.4) is 0 Å². The highest BCUT2D eigenvalue weighted by molar-refractivity contribution is 14.1. The third-order valence-corrected chi connectivity index (χ3v) is 8.72. The average Bonchev–Trinajstić information content (AvgIpc) is 3.32. The van der Waals surface area contributed by atoms with Gasteiger partial charge in [-0.2, -0.15) is 9.78 Å². The molecule has 8 heteroatoms. The van der Waals surface area contributed by atoms with Crippen molar-refractivity contribution in [2.75, 3.05) is 6.61 Å². The summed E-state index contributed by atoms with van der Waals surface area (Å²) in [5.74, 6) is 1.34. The van der Waals surface area contributed by atoms with Crippen LogP contribution in [0.15, 0.2) is 70.8 Å². The summed E-state index contributed by atoms with van der Waals surface area (Å²) in [5, 5.41) is 7.59. The van der Waals surface area contributed by atoms with Gasteiger partial charge >= 0.3 is 0 Å². The summed E-state index contributed by atoms with van der Waals surface area (Å²) in [5.41, 5.74) is 2.96. The molecule has 0 N–H and O–H groups in total. The number of fused-ring (bicyclic) bond motifs is 4. The lowest BCUT2D eigenvalue weighted by Crippen LogP contribution is -2.18. The first-order valence-corrected chi connectivity index (χ1v) is 14.6. The maximum Gasteiger partial charge on any atom is 0.282 e. The van der Waals surface area contributed by atoms with E-state index in [1.54, 1.807) is 17.6 Å². The Morgan fingerprint density at radius 2 is 1.92 bits per heavy atom. The lowest BCUT2D eigenvalue weighted by Gasteiger charge is -2.15. The van der Waals surface area contributed by atoms with Crippen LogP contribution in [-0.4, -0.2) is 22.5 Å². The molecular formula is C30H26IN3O3S. The van der Waals surface area contributed by atoms with Gasteiger partial charge in [-0.15, -0.1) is 11.3 Å². The number of rotatable bonds is 7. The molecule has 0 atom stereocenters. The largest absolute Gasteiger partial charge is 0.490 e. The van der Waals surface area contributed by atoms with Crippen LogP contribution in [-0.2, 0) is 19.4 Å². The number of hydrogen-bond donors (Lipinski definition) is 0. The average molecular weight is 636 g/mol. The fourth-order valence-electron chi connectivity index (χ4n) is 4.90. The second kappa shape index (κ2) is 10.9. The molecule has 0 bridgehead atoms. The maximum absolute atomic E-state index is 13.2. The summed E-state index contributed by atoms with van der Waals surface area (Å²) >= 11 is 3.90. The summed E-state index contributed by atoms with van der Waals surface area (Å²) in [7, 11) is 0. The lowest BCUT2D eigenvalue weighted by atomic mass is 9.97. The van der Waals surface area contributed by atoms with Crippen molar-refractivity contribution in [3.8, 4) is 11.5 Å². The highest BCUT2D eigenvalue weighted by Crippen LogP contribution is 2.35. The van der Waals surface area contributed by atoms with E-state index in [4.69, 9.17) is 9.47 Å². The molecule has 0 spiro atoms.